The molecule has 5 heteroatoms. The van der Waals surface area contributed by atoms with Crippen molar-refractivity contribution in [2.24, 2.45) is 0 Å². The second kappa shape index (κ2) is 10.1. The summed E-state index contributed by atoms with van der Waals surface area (Å²) in [5.41, 5.74) is 2.20. The number of hydrogen-bond acceptors (Lipinski definition) is 4. The molecule has 4 rings (SSSR count). The normalized spacial score (nSPS) is 11.4. The summed E-state index contributed by atoms with van der Waals surface area (Å²) < 4.78 is 22.7. The molecule has 1 atom stereocenters. The predicted octanol–water partition coefficient (Wildman–Crippen LogP) is 5.97. The van der Waals surface area contributed by atoms with Crippen LogP contribution in [0, 0.1) is 0 Å². The number of benzene rings is 4. The van der Waals surface area contributed by atoms with Crippen molar-refractivity contribution < 1.29 is 18.9 Å². The lowest BCUT2D eigenvalue weighted by atomic mass is 9.88. The van der Waals surface area contributed by atoms with Gasteiger partial charge in [-0.3, -0.25) is 0 Å². The van der Waals surface area contributed by atoms with Gasteiger partial charge in [0.1, 0.15) is 11.5 Å². The van der Waals surface area contributed by atoms with Crippen LogP contribution in [-0.4, -0.2) is 34.0 Å². The van der Waals surface area contributed by atoms with E-state index in [0.29, 0.717) is 0 Å². The highest BCUT2D eigenvalue weighted by Gasteiger charge is 2.23. The van der Waals surface area contributed by atoms with E-state index in [0.717, 1.165) is 50.3 Å². The Hall–Kier alpha value is -2.65. The molecule has 1 unspecified atom stereocenters. The van der Waals surface area contributed by atoms with Crippen molar-refractivity contribution in [3.63, 3.8) is 0 Å². The van der Waals surface area contributed by atoms with E-state index in [2.05, 4.69) is 57.8 Å². The fourth-order valence-electron chi connectivity index (χ4n) is 4.05. The standard InChI is InChI=1S/C26H27O4P/c1-27-16-29-25-20-9-5-3-7-18(20)11-13-22(25)24(15-31)23-14-12-19-8-4-6-10-21(19)26(23)30-17-28-2/h3-14,24H,15-17,31H2,1-2H3. The minimum atomic E-state index is 0.0536. The zero-order chi connectivity index (χ0) is 21.6. The van der Waals surface area contributed by atoms with Gasteiger partial charge in [0.05, 0.1) is 0 Å². The summed E-state index contributed by atoms with van der Waals surface area (Å²) in [6.07, 6.45) is 0.809. The molecule has 0 aromatic heterocycles. The topological polar surface area (TPSA) is 36.9 Å². The molecular formula is C26H27O4P. The highest BCUT2D eigenvalue weighted by atomic mass is 31.0. The van der Waals surface area contributed by atoms with Gasteiger partial charge < -0.3 is 18.9 Å². The zero-order valence-electron chi connectivity index (χ0n) is 17.8. The average Bonchev–Trinajstić information content (AvgIpc) is 2.82. The number of ether oxygens (including phenoxy) is 4. The van der Waals surface area contributed by atoms with Crippen molar-refractivity contribution in [2.45, 2.75) is 5.92 Å². The van der Waals surface area contributed by atoms with E-state index in [1.165, 1.54) is 0 Å². The van der Waals surface area contributed by atoms with Crippen LogP contribution >= 0.6 is 9.24 Å². The van der Waals surface area contributed by atoms with E-state index in [9.17, 15) is 0 Å². The Labute approximate surface area is 185 Å². The van der Waals surface area contributed by atoms with E-state index < -0.39 is 0 Å². The zero-order valence-corrected chi connectivity index (χ0v) is 19.0. The second-order valence-electron chi connectivity index (χ2n) is 7.30. The van der Waals surface area contributed by atoms with Crippen LogP contribution in [0.4, 0.5) is 0 Å². The summed E-state index contributed by atoms with van der Waals surface area (Å²) in [5, 5.41) is 4.41. The second-order valence-corrected chi connectivity index (χ2v) is 7.77. The Morgan fingerprint density at radius 1 is 0.645 bits per heavy atom. The SMILES string of the molecule is COCOc1c(C(CP)c2ccc3ccccc3c2OCOC)ccc2ccccc12. The molecule has 31 heavy (non-hydrogen) atoms. The number of hydrogen-bond donors (Lipinski definition) is 0. The van der Waals surface area contributed by atoms with Gasteiger partial charge in [-0.25, -0.2) is 0 Å². The first-order valence-corrected chi connectivity index (χ1v) is 11.1. The van der Waals surface area contributed by atoms with Gasteiger partial charge in [-0.2, -0.15) is 0 Å². The molecule has 4 nitrogen and oxygen atoms in total. The summed E-state index contributed by atoms with van der Waals surface area (Å²) in [5.74, 6) is 1.74. The van der Waals surface area contributed by atoms with Crippen molar-refractivity contribution in [1.82, 2.24) is 0 Å². The van der Waals surface area contributed by atoms with Gasteiger partial charge in [-0.05, 0) is 16.9 Å². The molecule has 0 fully saturated rings. The van der Waals surface area contributed by atoms with Crippen molar-refractivity contribution in [3.8, 4) is 11.5 Å². The Kier molecular flexibility index (Phi) is 7.03. The van der Waals surface area contributed by atoms with Gasteiger partial charge in [0.25, 0.3) is 0 Å². The third-order valence-electron chi connectivity index (χ3n) is 5.45. The van der Waals surface area contributed by atoms with Crippen LogP contribution in [0.1, 0.15) is 17.0 Å². The van der Waals surface area contributed by atoms with Crippen molar-refractivity contribution in [2.75, 3.05) is 34.0 Å². The highest BCUT2D eigenvalue weighted by molar-refractivity contribution is 7.16. The quantitative estimate of drug-likeness (QED) is 0.240. The lowest BCUT2D eigenvalue weighted by molar-refractivity contribution is 0.0506. The minimum absolute atomic E-state index is 0.0536. The molecule has 0 radical (unpaired) electrons. The molecule has 0 spiro atoms. The molecule has 0 N–H and O–H groups in total. The van der Waals surface area contributed by atoms with Gasteiger partial charge in [-0.15, -0.1) is 9.24 Å². The number of rotatable bonds is 9. The molecule has 0 amide bonds. The van der Waals surface area contributed by atoms with Crippen LogP contribution < -0.4 is 9.47 Å². The van der Waals surface area contributed by atoms with Crippen molar-refractivity contribution in [1.29, 1.82) is 0 Å². The van der Waals surface area contributed by atoms with Crippen molar-refractivity contribution in [3.05, 3.63) is 83.9 Å². The fraction of sp³-hybridized carbons (Fsp3) is 0.231. The van der Waals surface area contributed by atoms with Gasteiger partial charge in [0, 0.05) is 42.0 Å². The molecule has 0 heterocycles. The summed E-state index contributed by atoms with van der Waals surface area (Å²) in [6, 6.07) is 25.1. The summed E-state index contributed by atoms with van der Waals surface area (Å²) in [7, 11) is 6.16. The third kappa shape index (κ3) is 4.38. The molecule has 4 aromatic carbocycles. The Morgan fingerprint density at radius 2 is 1.10 bits per heavy atom. The Bertz CT molecular complexity index is 1080. The summed E-state index contributed by atoms with van der Waals surface area (Å²) in [4.78, 5) is 0. The Balaban J connectivity index is 1.91. The van der Waals surface area contributed by atoms with Crippen LogP contribution in [-0.2, 0) is 9.47 Å². The first kappa shape index (κ1) is 21.6. The first-order valence-electron chi connectivity index (χ1n) is 10.2. The number of methoxy groups -OCH3 is 2. The minimum Gasteiger partial charge on any atom is -0.467 e. The van der Waals surface area contributed by atoms with Gasteiger partial charge >= 0.3 is 0 Å². The smallest absolute Gasteiger partial charge is 0.188 e. The average molecular weight is 434 g/mol. The lowest BCUT2D eigenvalue weighted by Crippen LogP contribution is -2.11. The fourth-order valence-corrected chi connectivity index (χ4v) is 4.56. The van der Waals surface area contributed by atoms with E-state index in [-0.39, 0.29) is 19.5 Å². The molecule has 0 saturated carbocycles. The lowest BCUT2D eigenvalue weighted by Gasteiger charge is -2.24. The van der Waals surface area contributed by atoms with E-state index in [1.807, 2.05) is 24.3 Å². The van der Waals surface area contributed by atoms with Crippen LogP contribution in [0.2, 0.25) is 0 Å². The number of fused-ring (bicyclic) bond motifs is 2. The molecule has 0 aliphatic carbocycles. The molecule has 0 bridgehead atoms. The maximum absolute atomic E-state index is 6.12. The van der Waals surface area contributed by atoms with E-state index in [1.54, 1.807) is 14.2 Å². The van der Waals surface area contributed by atoms with E-state index >= 15 is 0 Å². The largest absolute Gasteiger partial charge is 0.467 e. The molecule has 0 aliphatic heterocycles. The molecular weight excluding hydrogens is 407 g/mol. The van der Waals surface area contributed by atoms with Gasteiger partial charge in [0.2, 0.25) is 0 Å². The Morgan fingerprint density at radius 3 is 1.52 bits per heavy atom. The molecule has 160 valence electrons. The molecule has 0 aliphatic rings. The van der Waals surface area contributed by atoms with Gasteiger partial charge in [0.15, 0.2) is 13.6 Å². The van der Waals surface area contributed by atoms with Gasteiger partial charge in [-0.1, -0.05) is 72.8 Å². The van der Waals surface area contributed by atoms with Crippen LogP contribution in [0.25, 0.3) is 21.5 Å². The predicted molar refractivity (Wildman–Crippen MR) is 129 cm³/mol. The van der Waals surface area contributed by atoms with Crippen LogP contribution in [0.15, 0.2) is 72.8 Å². The maximum atomic E-state index is 6.12. The maximum Gasteiger partial charge on any atom is 0.188 e. The molecule has 0 saturated heterocycles. The molecule has 4 aromatic rings. The van der Waals surface area contributed by atoms with Crippen molar-refractivity contribution >= 4 is 30.8 Å². The van der Waals surface area contributed by atoms with Crippen LogP contribution in [0.3, 0.4) is 0 Å². The summed E-state index contributed by atoms with van der Waals surface area (Å²) >= 11 is 0. The summed E-state index contributed by atoms with van der Waals surface area (Å²) in [6.45, 7) is 0.380. The first-order chi connectivity index (χ1) is 15.3. The monoisotopic (exact) mass is 434 g/mol. The van der Waals surface area contributed by atoms with Crippen LogP contribution in [0.5, 0.6) is 11.5 Å². The highest BCUT2D eigenvalue weighted by Crippen LogP contribution is 2.43. The third-order valence-corrected chi connectivity index (χ3v) is 5.92. The van der Waals surface area contributed by atoms with E-state index in [4.69, 9.17) is 18.9 Å².